The second-order valence-corrected chi connectivity index (χ2v) is 4.27. The molecule has 1 rings (SSSR count). The van der Waals surface area contributed by atoms with Crippen molar-refractivity contribution in [3.05, 3.63) is 47.0 Å². The fourth-order valence-electron chi connectivity index (χ4n) is 1.64. The molecule has 1 aromatic heterocycles. The van der Waals surface area contributed by atoms with Gasteiger partial charge in [-0.2, -0.15) is 0 Å². The number of pyridine rings is 1. The zero-order valence-corrected chi connectivity index (χ0v) is 11.5. The molecule has 100 valence electrons. The van der Waals surface area contributed by atoms with Gasteiger partial charge in [-0.3, -0.25) is 14.6 Å². The van der Waals surface area contributed by atoms with Crippen molar-refractivity contribution in [1.82, 2.24) is 14.7 Å². The van der Waals surface area contributed by atoms with E-state index < -0.39 is 0 Å². The molecule has 0 radical (unpaired) electrons. The summed E-state index contributed by atoms with van der Waals surface area (Å²) < 4.78 is 1.71. The molecule has 0 bridgehead atoms. The van der Waals surface area contributed by atoms with Gasteiger partial charge >= 0.3 is 0 Å². The molecule has 0 atom stereocenters. The van der Waals surface area contributed by atoms with Gasteiger partial charge < -0.3 is 4.57 Å². The Labute approximate surface area is 108 Å². The van der Waals surface area contributed by atoms with Crippen LogP contribution in [0.1, 0.15) is 25.5 Å². The second-order valence-electron chi connectivity index (χ2n) is 4.27. The summed E-state index contributed by atoms with van der Waals surface area (Å²) in [5.74, 6) is 0. The quantitative estimate of drug-likeness (QED) is 0.722. The lowest BCUT2D eigenvalue weighted by atomic mass is 10.2. The Morgan fingerprint density at radius 3 is 2.72 bits per heavy atom. The van der Waals surface area contributed by atoms with E-state index in [1.807, 2.05) is 26.0 Å². The maximum absolute atomic E-state index is 12.2. The molecule has 5 nitrogen and oxygen atoms in total. The number of hydrogen-bond donors (Lipinski definition) is 0. The van der Waals surface area contributed by atoms with E-state index in [0.717, 1.165) is 0 Å². The molecule has 1 heterocycles. The maximum atomic E-state index is 12.2. The third-order valence-corrected chi connectivity index (χ3v) is 2.78. The van der Waals surface area contributed by atoms with Crippen LogP contribution in [0.2, 0.25) is 0 Å². The molecule has 0 saturated carbocycles. The molecule has 0 saturated heterocycles. The first-order chi connectivity index (χ1) is 8.51. The first-order valence-electron chi connectivity index (χ1n) is 5.88. The first-order valence-corrected chi connectivity index (χ1v) is 5.88. The van der Waals surface area contributed by atoms with E-state index in [1.165, 1.54) is 5.17 Å². The van der Waals surface area contributed by atoms with Crippen molar-refractivity contribution in [2.24, 2.45) is 0 Å². The molecule has 5 heteroatoms. The topological polar surface area (TPSA) is 37.7 Å². The molecule has 0 fully saturated rings. The third-order valence-electron chi connectivity index (χ3n) is 2.78. The highest BCUT2D eigenvalue weighted by atomic mass is 16.7. The van der Waals surface area contributed by atoms with Gasteiger partial charge in [0.1, 0.15) is 0 Å². The van der Waals surface area contributed by atoms with Crippen LogP contribution in [0.4, 0.5) is 0 Å². The van der Waals surface area contributed by atoms with Crippen molar-refractivity contribution in [2.45, 2.75) is 26.4 Å². The highest BCUT2D eigenvalue weighted by molar-refractivity contribution is 5.11. The van der Waals surface area contributed by atoms with Crippen molar-refractivity contribution in [2.75, 3.05) is 14.2 Å². The molecule has 0 unspecified atom stereocenters. The summed E-state index contributed by atoms with van der Waals surface area (Å²) in [7, 11) is 3.32. The van der Waals surface area contributed by atoms with E-state index in [2.05, 4.69) is 6.58 Å². The summed E-state index contributed by atoms with van der Waals surface area (Å²) in [4.78, 5) is 17.3. The van der Waals surface area contributed by atoms with Gasteiger partial charge in [0.15, 0.2) is 0 Å². The molecule has 1 aromatic rings. The van der Waals surface area contributed by atoms with Crippen LogP contribution in [0.25, 0.3) is 0 Å². The molecule has 0 aliphatic carbocycles. The zero-order chi connectivity index (χ0) is 13.7. The van der Waals surface area contributed by atoms with E-state index in [0.29, 0.717) is 12.1 Å². The maximum Gasteiger partial charge on any atom is 0.255 e. The van der Waals surface area contributed by atoms with Crippen molar-refractivity contribution in [3.63, 3.8) is 0 Å². The zero-order valence-electron chi connectivity index (χ0n) is 11.5. The van der Waals surface area contributed by atoms with Crippen LogP contribution in [0.5, 0.6) is 0 Å². The number of aromatic nitrogens is 1. The average molecular weight is 251 g/mol. The van der Waals surface area contributed by atoms with Gasteiger partial charge in [0.2, 0.25) is 0 Å². The molecule has 0 amide bonds. The summed E-state index contributed by atoms with van der Waals surface area (Å²) in [5.41, 5.74) is 0.721. The van der Waals surface area contributed by atoms with Crippen LogP contribution in [0.15, 0.2) is 35.9 Å². The largest absolute Gasteiger partial charge is 0.313 e. The van der Waals surface area contributed by atoms with E-state index in [1.54, 1.807) is 36.1 Å². The Kier molecular flexibility index (Phi) is 5.12. The Bertz CT molecular complexity index is 454. The summed E-state index contributed by atoms with van der Waals surface area (Å²) in [6.45, 7) is 8.11. The molecule has 18 heavy (non-hydrogen) atoms. The first kappa shape index (κ1) is 14.5. The average Bonchev–Trinajstić information content (AvgIpc) is 2.36. The number of rotatable bonds is 6. The van der Waals surface area contributed by atoms with E-state index in [4.69, 9.17) is 4.84 Å². The molecular formula is C13H21N3O2. The van der Waals surface area contributed by atoms with Gasteiger partial charge in [-0.1, -0.05) is 12.6 Å². The van der Waals surface area contributed by atoms with Crippen LogP contribution in [-0.2, 0) is 11.4 Å². The monoisotopic (exact) mass is 251 g/mol. The molecule has 0 aromatic carbocycles. The Morgan fingerprint density at radius 1 is 1.56 bits per heavy atom. The van der Waals surface area contributed by atoms with Crippen molar-refractivity contribution >= 4 is 0 Å². The molecule has 0 aliphatic heterocycles. The van der Waals surface area contributed by atoms with Gasteiger partial charge in [0.25, 0.3) is 5.56 Å². The molecular weight excluding hydrogens is 230 g/mol. The summed E-state index contributed by atoms with van der Waals surface area (Å²) in [6, 6.07) is 3.85. The van der Waals surface area contributed by atoms with E-state index in [9.17, 15) is 4.79 Å². The second kappa shape index (κ2) is 6.37. The Balaban J connectivity index is 3.01. The van der Waals surface area contributed by atoms with Gasteiger partial charge in [0.05, 0.1) is 13.7 Å². The summed E-state index contributed by atoms with van der Waals surface area (Å²) in [6.07, 6.45) is 3.42. The normalized spacial score (nSPS) is 11.0. The highest BCUT2D eigenvalue weighted by Gasteiger charge is 2.11. The van der Waals surface area contributed by atoms with Crippen molar-refractivity contribution in [3.8, 4) is 0 Å². The van der Waals surface area contributed by atoms with Crippen molar-refractivity contribution < 1.29 is 4.84 Å². The third kappa shape index (κ3) is 3.21. The van der Waals surface area contributed by atoms with E-state index in [-0.39, 0.29) is 11.6 Å². The minimum atomic E-state index is 0.0175. The number of hydroxylamine groups is 1. The molecule has 0 aliphatic rings. The lowest BCUT2D eigenvalue weighted by molar-refractivity contribution is -0.233. The minimum Gasteiger partial charge on any atom is -0.313 e. The number of hydrogen-bond acceptors (Lipinski definition) is 4. The van der Waals surface area contributed by atoms with Gasteiger partial charge in [-0.05, 0) is 19.9 Å². The summed E-state index contributed by atoms with van der Waals surface area (Å²) in [5, 5.41) is 3.25. The predicted molar refractivity (Wildman–Crippen MR) is 71.6 cm³/mol. The smallest absolute Gasteiger partial charge is 0.255 e. The lowest BCUT2D eigenvalue weighted by Gasteiger charge is -2.28. The highest BCUT2D eigenvalue weighted by Crippen LogP contribution is 2.05. The van der Waals surface area contributed by atoms with Crippen LogP contribution in [0, 0.1) is 0 Å². The van der Waals surface area contributed by atoms with E-state index >= 15 is 0 Å². The van der Waals surface area contributed by atoms with Gasteiger partial charge in [-0.15, -0.1) is 5.17 Å². The van der Waals surface area contributed by atoms with Crippen LogP contribution >= 0.6 is 0 Å². The fraction of sp³-hybridized carbons (Fsp3) is 0.462. The predicted octanol–water partition coefficient (Wildman–Crippen LogP) is 1.78. The number of nitrogens with zero attached hydrogens (tertiary/aromatic N) is 3. The van der Waals surface area contributed by atoms with Crippen molar-refractivity contribution in [1.29, 1.82) is 0 Å². The minimum absolute atomic E-state index is 0.0175. The standard InChI is InChI=1S/C13H21N3O2/c1-6-15(14(4)18-5)10-12-8-7-9-16(11(2)3)13(12)17/h6-9,11H,1,10H2,2-5H3. The fourth-order valence-corrected chi connectivity index (χ4v) is 1.64. The Hall–Kier alpha value is -1.59. The lowest BCUT2D eigenvalue weighted by Crippen LogP contribution is -2.36. The van der Waals surface area contributed by atoms with Crippen LogP contribution in [0.3, 0.4) is 0 Å². The van der Waals surface area contributed by atoms with Gasteiger partial charge in [-0.25, -0.2) is 0 Å². The summed E-state index contributed by atoms with van der Waals surface area (Å²) >= 11 is 0. The SMILES string of the molecule is C=CN(Cc1cccn(C(C)C)c1=O)N(C)OC. The number of hydrazine groups is 1. The van der Waals surface area contributed by atoms with Gasteiger partial charge in [0, 0.05) is 31.0 Å². The Morgan fingerprint density at radius 2 is 2.22 bits per heavy atom. The molecule has 0 spiro atoms. The van der Waals surface area contributed by atoms with Crippen LogP contribution in [-0.4, -0.2) is 28.9 Å². The van der Waals surface area contributed by atoms with Crippen LogP contribution < -0.4 is 5.56 Å². The molecule has 0 N–H and O–H groups in total.